The van der Waals surface area contributed by atoms with E-state index < -0.39 is 11.9 Å². The van der Waals surface area contributed by atoms with Crippen LogP contribution in [0.4, 0.5) is 9.39 Å². The zero-order chi connectivity index (χ0) is 29.8. The van der Waals surface area contributed by atoms with Gasteiger partial charge in [0.2, 0.25) is 5.91 Å². The lowest BCUT2D eigenvalue weighted by molar-refractivity contribution is -0.113. The van der Waals surface area contributed by atoms with E-state index in [0.29, 0.717) is 47.7 Å². The van der Waals surface area contributed by atoms with Crippen molar-refractivity contribution in [3.8, 4) is 22.3 Å². The monoisotopic (exact) mass is 639 g/mol. The number of carbonyl (C=O) groups excluding carboxylic acids is 2. The van der Waals surface area contributed by atoms with E-state index in [4.69, 9.17) is 16.3 Å². The molecular formula is C30H23ClFN3O4S3. The zero-order valence-corrected chi connectivity index (χ0v) is 25.4. The summed E-state index contributed by atoms with van der Waals surface area (Å²) < 4.78 is 20.2. The Balaban J connectivity index is 1.42. The molecule has 0 radical (unpaired) electrons. The van der Waals surface area contributed by atoms with Gasteiger partial charge in [-0.2, -0.15) is 0 Å². The van der Waals surface area contributed by atoms with Gasteiger partial charge >= 0.3 is 5.97 Å². The molecule has 0 unspecified atom stereocenters. The molecule has 3 aromatic heterocycles. The van der Waals surface area contributed by atoms with Gasteiger partial charge in [-0.1, -0.05) is 59.8 Å². The van der Waals surface area contributed by atoms with Gasteiger partial charge in [-0.05, 0) is 30.7 Å². The molecule has 1 amide bonds. The minimum Gasteiger partial charge on any atom is -0.462 e. The van der Waals surface area contributed by atoms with Crippen LogP contribution in [0.25, 0.3) is 32.5 Å². The van der Waals surface area contributed by atoms with E-state index in [1.54, 1.807) is 48.7 Å². The summed E-state index contributed by atoms with van der Waals surface area (Å²) in [6.45, 7) is 5.81. The van der Waals surface area contributed by atoms with Gasteiger partial charge in [0.15, 0.2) is 5.16 Å². The Morgan fingerprint density at radius 1 is 1.12 bits per heavy atom. The van der Waals surface area contributed by atoms with Crippen LogP contribution in [-0.4, -0.2) is 33.8 Å². The number of ether oxygens (including phenoxy) is 1. The number of amides is 1. The molecule has 0 bridgehead atoms. The maximum Gasteiger partial charge on any atom is 0.341 e. The second kappa shape index (κ2) is 13.0. The van der Waals surface area contributed by atoms with Crippen LogP contribution < -0.4 is 10.9 Å². The molecule has 3 heterocycles. The summed E-state index contributed by atoms with van der Waals surface area (Å²) >= 11 is 9.98. The molecule has 0 saturated carbocycles. The fourth-order valence-electron chi connectivity index (χ4n) is 4.27. The van der Waals surface area contributed by atoms with Gasteiger partial charge in [0.25, 0.3) is 5.56 Å². The van der Waals surface area contributed by atoms with E-state index in [9.17, 15) is 18.8 Å². The predicted molar refractivity (Wildman–Crippen MR) is 170 cm³/mol. The van der Waals surface area contributed by atoms with Crippen molar-refractivity contribution < 1.29 is 18.7 Å². The number of carbonyl (C=O) groups is 2. The summed E-state index contributed by atoms with van der Waals surface area (Å²) in [6.07, 6.45) is 1.58. The average Bonchev–Trinajstić information content (AvgIpc) is 3.59. The van der Waals surface area contributed by atoms with Gasteiger partial charge in [-0.3, -0.25) is 14.2 Å². The largest absolute Gasteiger partial charge is 0.462 e. The first-order valence-electron chi connectivity index (χ1n) is 12.7. The third kappa shape index (κ3) is 6.05. The highest BCUT2D eigenvalue weighted by atomic mass is 35.5. The number of halogens is 2. The van der Waals surface area contributed by atoms with Crippen LogP contribution in [-0.2, 0) is 16.1 Å². The Morgan fingerprint density at radius 3 is 2.57 bits per heavy atom. The van der Waals surface area contributed by atoms with Gasteiger partial charge in [-0.15, -0.1) is 29.3 Å². The van der Waals surface area contributed by atoms with Crippen molar-refractivity contribution in [1.29, 1.82) is 0 Å². The minimum absolute atomic E-state index is 0.0765. The van der Waals surface area contributed by atoms with E-state index in [2.05, 4.69) is 16.9 Å². The number of anilines is 1. The molecule has 0 saturated heterocycles. The number of nitrogens with one attached hydrogen (secondary N) is 1. The number of benzene rings is 2. The average molecular weight is 640 g/mol. The molecule has 0 atom stereocenters. The molecule has 5 rings (SSSR count). The van der Waals surface area contributed by atoms with Gasteiger partial charge in [-0.25, -0.2) is 14.2 Å². The number of nitrogens with zero attached hydrogens (tertiary/aromatic N) is 2. The Kier molecular flexibility index (Phi) is 9.22. The lowest BCUT2D eigenvalue weighted by Crippen LogP contribution is -2.23. The maximum absolute atomic E-state index is 13.6. The number of rotatable bonds is 10. The number of esters is 1. The minimum atomic E-state index is -0.571. The fraction of sp³-hybridized carbons (Fsp3) is 0.133. The van der Waals surface area contributed by atoms with Crippen molar-refractivity contribution in [1.82, 2.24) is 9.55 Å². The number of thioether (sulfide) groups is 1. The number of thiophene rings is 2. The van der Waals surface area contributed by atoms with Crippen molar-refractivity contribution >= 4 is 73.1 Å². The molecule has 214 valence electrons. The molecule has 0 spiro atoms. The van der Waals surface area contributed by atoms with E-state index in [-0.39, 0.29) is 35.8 Å². The number of allylic oxidation sites excluding steroid dienone is 1. The third-order valence-electron chi connectivity index (χ3n) is 6.15. The molecule has 0 aliphatic rings. The van der Waals surface area contributed by atoms with Crippen LogP contribution >= 0.6 is 46.0 Å². The lowest BCUT2D eigenvalue weighted by Gasteiger charge is -2.12. The molecule has 0 aliphatic heterocycles. The summed E-state index contributed by atoms with van der Waals surface area (Å²) in [5.74, 6) is -1.41. The summed E-state index contributed by atoms with van der Waals surface area (Å²) in [5.41, 5.74) is 2.52. The van der Waals surface area contributed by atoms with Crippen molar-refractivity contribution in [2.24, 2.45) is 0 Å². The van der Waals surface area contributed by atoms with Gasteiger partial charge in [0.1, 0.15) is 21.2 Å². The quantitative estimate of drug-likeness (QED) is 0.0728. The summed E-state index contributed by atoms with van der Waals surface area (Å²) in [6, 6.07) is 13.0. The standard InChI is InChI=1S/C30H23ClFN3O4S3/c1-3-13-35-28(37)24-20(17-9-11-18(32)12-10-17)14-40-26(24)34-30(35)42-16-23(36)33-27-25(29(38)39-4-2)21(15-41-27)19-7-5-6-8-22(19)31/h3,5-12,14-15H,1,4,13,16H2,2H3,(H,33,36). The Morgan fingerprint density at radius 2 is 1.86 bits per heavy atom. The van der Waals surface area contributed by atoms with Gasteiger partial charge in [0.05, 0.1) is 17.7 Å². The SMILES string of the molecule is C=CCn1c(SCC(=O)Nc2scc(-c3ccccc3Cl)c2C(=O)OCC)nc2scc(-c3ccc(F)cc3)c2c1=O. The topological polar surface area (TPSA) is 90.3 Å². The van der Waals surface area contributed by atoms with Crippen molar-refractivity contribution in [2.75, 3.05) is 17.7 Å². The molecule has 7 nitrogen and oxygen atoms in total. The van der Waals surface area contributed by atoms with Gasteiger partial charge < -0.3 is 10.1 Å². The summed E-state index contributed by atoms with van der Waals surface area (Å²) in [7, 11) is 0. The molecule has 1 N–H and O–H groups in total. The first kappa shape index (κ1) is 29.7. The van der Waals surface area contributed by atoms with Crippen molar-refractivity contribution in [3.63, 3.8) is 0 Å². The molecule has 42 heavy (non-hydrogen) atoms. The van der Waals surface area contributed by atoms with Crippen LogP contribution in [0.5, 0.6) is 0 Å². The van der Waals surface area contributed by atoms with Crippen LogP contribution in [0.1, 0.15) is 17.3 Å². The number of aromatic nitrogens is 2. The number of fused-ring (bicyclic) bond motifs is 1. The van der Waals surface area contributed by atoms with Crippen LogP contribution in [0.2, 0.25) is 5.02 Å². The van der Waals surface area contributed by atoms with Crippen molar-refractivity contribution in [2.45, 2.75) is 18.6 Å². The van der Waals surface area contributed by atoms with Crippen LogP contribution in [0.15, 0.2) is 81.9 Å². The normalized spacial score (nSPS) is 11.0. The fourth-order valence-corrected chi connectivity index (χ4v) is 7.27. The van der Waals surface area contributed by atoms with E-state index >= 15 is 0 Å². The Labute approximate surface area is 257 Å². The molecule has 5 aromatic rings. The summed E-state index contributed by atoms with van der Waals surface area (Å²) in [4.78, 5) is 44.8. The highest BCUT2D eigenvalue weighted by Gasteiger charge is 2.24. The Bertz CT molecular complexity index is 1860. The van der Waals surface area contributed by atoms with Gasteiger partial charge in [0, 0.05) is 39.0 Å². The zero-order valence-electron chi connectivity index (χ0n) is 22.2. The first-order chi connectivity index (χ1) is 20.3. The molecule has 0 aliphatic carbocycles. The lowest BCUT2D eigenvalue weighted by atomic mass is 10.0. The van der Waals surface area contributed by atoms with E-state index in [1.807, 2.05) is 11.4 Å². The van der Waals surface area contributed by atoms with E-state index in [0.717, 1.165) is 11.8 Å². The van der Waals surface area contributed by atoms with Crippen LogP contribution in [0.3, 0.4) is 0 Å². The number of hydrogen-bond acceptors (Lipinski definition) is 8. The molecular weight excluding hydrogens is 617 g/mol. The Hall–Kier alpha value is -3.77. The third-order valence-corrected chi connectivity index (χ3v) is 9.22. The van der Waals surface area contributed by atoms with Crippen molar-refractivity contribution in [3.05, 3.63) is 98.7 Å². The van der Waals surface area contributed by atoms with Crippen LogP contribution in [0, 0.1) is 5.82 Å². The second-order valence-corrected chi connectivity index (χ2v) is 11.9. The summed E-state index contributed by atoms with van der Waals surface area (Å²) in [5, 5.41) is 7.96. The molecule has 2 aromatic carbocycles. The smallest absolute Gasteiger partial charge is 0.341 e. The first-order valence-corrected chi connectivity index (χ1v) is 15.8. The second-order valence-electron chi connectivity index (χ2n) is 8.83. The van der Waals surface area contributed by atoms with E-state index in [1.165, 1.54) is 39.4 Å². The molecule has 0 fully saturated rings. The molecule has 12 heteroatoms. The maximum atomic E-state index is 13.6. The number of hydrogen-bond donors (Lipinski definition) is 1. The predicted octanol–water partition coefficient (Wildman–Crippen LogP) is 7.74. The highest BCUT2D eigenvalue weighted by molar-refractivity contribution is 7.99. The highest BCUT2D eigenvalue weighted by Crippen LogP contribution is 2.39.